The Hall–Kier alpha value is -4.08. The molecule has 10 heteroatoms. The van der Waals surface area contributed by atoms with E-state index in [9.17, 15) is 19.2 Å². The van der Waals surface area contributed by atoms with Crippen LogP contribution in [-0.2, 0) is 19.1 Å². The zero-order valence-electron chi connectivity index (χ0n) is 21.1. The molecule has 2 rings (SSSR count). The molecule has 0 unspecified atom stereocenters. The number of methoxy groups -OCH3 is 4. The van der Waals surface area contributed by atoms with Crippen molar-refractivity contribution >= 4 is 23.5 Å². The molecule has 0 aliphatic heterocycles. The van der Waals surface area contributed by atoms with E-state index in [1.165, 1.54) is 64.8 Å². The van der Waals surface area contributed by atoms with Crippen LogP contribution in [-0.4, -0.2) is 65.2 Å². The van der Waals surface area contributed by atoms with Gasteiger partial charge in [0.05, 0.1) is 41.7 Å². The van der Waals surface area contributed by atoms with Crippen molar-refractivity contribution in [1.82, 2.24) is 0 Å². The highest BCUT2D eigenvalue weighted by molar-refractivity contribution is 6.19. The SMILES string of the molecule is CCOC(=O)[C@H](C(=O)c1ccc(OC)c(OC)c1)[C@@H](C(=O)OCC)C(=O)c1ccc(OC)c(OC)c1. The summed E-state index contributed by atoms with van der Waals surface area (Å²) >= 11 is 0. The summed E-state index contributed by atoms with van der Waals surface area (Å²) in [6, 6.07) is 8.47. The van der Waals surface area contributed by atoms with Gasteiger partial charge in [0, 0.05) is 11.1 Å². The van der Waals surface area contributed by atoms with Crippen molar-refractivity contribution in [2.24, 2.45) is 11.8 Å². The maximum absolute atomic E-state index is 13.6. The van der Waals surface area contributed by atoms with Gasteiger partial charge in [-0.05, 0) is 50.2 Å². The van der Waals surface area contributed by atoms with Gasteiger partial charge in [-0.1, -0.05) is 0 Å². The zero-order valence-corrected chi connectivity index (χ0v) is 21.1. The second-order valence-electron chi connectivity index (χ2n) is 7.33. The summed E-state index contributed by atoms with van der Waals surface area (Å²) < 4.78 is 31.1. The van der Waals surface area contributed by atoms with Crippen molar-refractivity contribution in [3.63, 3.8) is 0 Å². The Kier molecular flexibility index (Phi) is 10.3. The Morgan fingerprint density at radius 1 is 0.583 bits per heavy atom. The minimum absolute atomic E-state index is 0.0140. The molecule has 0 aromatic heterocycles. The molecule has 36 heavy (non-hydrogen) atoms. The molecular weight excluding hydrogens is 472 g/mol. The van der Waals surface area contributed by atoms with Crippen molar-refractivity contribution < 1.29 is 47.6 Å². The minimum atomic E-state index is -1.82. The third kappa shape index (κ3) is 6.12. The average Bonchev–Trinajstić information content (AvgIpc) is 2.90. The van der Waals surface area contributed by atoms with Crippen LogP contribution in [0.2, 0.25) is 0 Å². The number of ether oxygens (including phenoxy) is 6. The van der Waals surface area contributed by atoms with E-state index in [0.717, 1.165) is 0 Å². The van der Waals surface area contributed by atoms with Crippen molar-refractivity contribution in [3.05, 3.63) is 47.5 Å². The normalized spacial score (nSPS) is 12.1. The predicted molar refractivity (Wildman–Crippen MR) is 128 cm³/mol. The quantitative estimate of drug-likeness (QED) is 0.229. The molecule has 0 saturated heterocycles. The highest BCUT2D eigenvalue weighted by Crippen LogP contribution is 2.33. The second-order valence-corrected chi connectivity index (χ2v) is 7.33. The van der Waals surface area contributed by atoms with Gasteiger partial charge in [-0.3, -0.25) is 19.2 Å². The molecule has 194 valence electrons. The van der Waals surface area contributed by atoms with Crippen molar-refractivity contribution in [3.8, 4) is 23.0 Å². The number of carbonyl (C=O) groups excluding carboxylic acids is 4. The van der Waals surface area contributed by atoms with Crippen LogP contribution in [0.4, 0.5) is 0 Å². The van der Waals surface area contributed by atoms with Gasteiger partial charge in [-0.2, -0.15) is 0 Å². The lowest BCUT2D eigenvalue weighted by atomic mass is 9.80. The summed E-state index contributed by atoms with van der Waals surface area (Å²) in [5.41, 5.74) is 0.0280. The monoisotopic (exact) mass is 502 g/mol. The van der Waals surface area contributed by atoms with Crippen LogP contribution < -0.4 is 18.9 Å². The maximum atomic E-state index is 13.6. The van der Waals surface area contributed by atoms with E-state index in [2.05, 4.69) is 0 Å². The largest absolute Gasteiger partial charge is 0.493 e. The summed E-state index contributed by atoms with van der Waals surface area (Å²) in [6.07, 6.45) is 0. The van der Waals surface area contributed by atoms with Crippen molar-refractivity contribution in [2.45, 2.75) is 13.8 Å². The summed E-state index contributed by atoms with van der Waals surface area (Å²) in [5.74, 6) is -6.19. The van der Waals surface area contributed by atoms with Gasteiger partial charge in [-0.15, -0.1) is 0 Å². The van der Waals surface area contributed by atoms with Crippen LogP contribution in [0.3, 0.4) is 0 Å². The van der Waals surface area contributed by atoms with Crippen molar-refractivity contribution in [1.29, 1.82) is 0 Å². The highest BCUT2D eigenvalue weighted by Gasteiger charge is 2.46. The molecular formula is C26H30O10. The van der Waals surface area contributed by atoms with E-state index >= 15 is 0 Å². The lowest BCUT2D eigenvalue weighted by Crippen LogP contribution is -2.42. The molecule has 0 aliphatic rings. The molecule has 0 radical (unpaired) electrons. The van der Waals surface area contributed by atoms with E-state index in [1.807, 2.05) is 0 Å². The number of rotatable bonds is 13. The van der Waals surface area contributed by atoms with Gasteiger partial charge < -0.3 is 28.4 Å². The molecule has 0 heterocycles. The number of esters is 2. The molecule has 0 fully saturated rings. The van der Waals surface area contributed by atoms with Gasteiger partial charge >= 0.3 is 11.9 Å². The minimum Gasteiger partial charge on any atom is -0.493 e. The first kappa shape index (κ1) is 28.2. The average molecular weight is 503 g/mol. The number of hydrogen-bond acceptors (Lipinski definition) is 10. The second kappa shape index (κ2) is 13.1. The molecule has 10 nitrogen and oxygen atoms in total. The standard InChI is InChI=1S/C26H30O10/c1-7-35-25(29)21(23(27)15-9-11-17(31-3)19(13-15)33-5)22(26(30)36-8-2)24(28)16-10-12-18(32-4)20(14-16)34-6/h9-14,21-22H,7-8H2,1-6H3/t21-,22+. The van der Waals surface area contributed by atoms with Crippen molar-refractivity contribution in [2.75, 3.05) is 41.7 Å². The number of Topliss-reactive ketones (excluding diaryl/α,β-unsaturated/α-hetero) is 2. The lowest BCUT2D eigenvalue weighted by molar-refractivity contribution is -0.156. The number of ketones is 2. The summed E-state index contributed by atoms with van der Waals surface area (Å²) in [6.45, 7) is 2.94. The molecule has 0 aliphatic carbocycles. The Morgan fingerprint density at radius 2 is 0.917 bits per heavy atom. The molecule has 0 N–H and O–H groups in total. The molecule has 2 atom stereocenters. The Labute approximate surface area is 209 Å². The van der Waals surface area contributed by atoms with Crippen LogP contribution in [0.1, 0.15) is 34.6 Å². The lowest BCUT2D eigenvalue weighted by Gasteiger charge is -2.23. The molecule has 2 aromatic carbocycles. The Balaban J connectivity index is 2.66. The molecule has 2 aromatic rings. The number of hydrogen-bond donors (Lipinski definition) is 0. The van der Waals surface area contributed by atoms with Gasteiger partial charge in [0.15, 0.2) is 34.6 Å². The van der Waals surface area contributed by atoms with E-state index in [4.69, 9.17) is 28.4 Å². The van der Waals surface area contributed by atoms with Crippen LogP contribution in [0.5, 0.6) is 23.0 Å². The van der Waals surface area contributed by atoms with Gasteiger partial charge in [0.2, 0.25) is 0 Å². The summed E-state index contributed by atoms with van der Waals surface area (Å²) in [5, 5.41) is 0. The van der Waals surface area contributed by atoms with E-state index in [1.54, 1.807) is 13.8 Å². The Bertz CT molecular complexity index is 1020. The third-order valence-corrected chi connectivity index (χ3v) is 5.32. The summed E-state index contributed by atoms with van der Waals surface area (Å²) in [7, 11) is 5.63. The van der Waals surface area contributed by atoms with Gasteiger partial charge in [0.1, 0.15) is 11.8 Å². The van der Waals surface area contributed by atoms with Gasteiger partial charge in [0.25, 0.3) is 0 Å². The first-order valence-electron chi connectivity index (χ1n) is 11.1. The fourth-order valence-electron chi connectivity index (χ4n) is 3.59. The third-order valence-electron chi connectivity index (χ3n) is 5.32. The fourth-order valence-corrected chi connectivity index (χ4v) is 3.59. The highest BCUT2D eigenvalue weighted by atomic mass is 16.5. The topological polar surface area (TPSA) is 124 Å². The van der Waals surface area contributed by atoms with Crippen LogP contribution in [0.15, 0.2) is 36.4 Å². The van der Waals surface area contributed by atoms with Crippen LogP contribution in [0.25, 0.3) is 0 Å². The van der Waals surface area contributed by atoms with E-state index in [-0.39, 0.29) is 35.8 Å². The van der Waals surface area contributed by atoms with Crippen LogP contribution >= 0.6 is 0 Å². The number of benzene rings is 2. The summed E-state index contributed by atoms with van der Waals surface area (Å²) in [4.78, 5) is 53.4. The van der Waals surface area contributed by atoms with Crippen LogP contribution in [0, 0.1) is 11.8 Å². The smallest absolute Gasteiger partial charge is 0.318 e. The first-order valence-corrected chi connectivity index (χ1v) is 11.1. The van der Waals surface area contributed by atoms with E-state index < -0.39 is 35.3 Å². The fraction of sp³-hybridized carbons (Fsp3) is 0.385. The molecule has 0 spiro atoms. The first-order chi connectivity index (χ1) is 17.3. The number of carbonyl (C=O) groups is 4. The molecule has 0 amide bonds. The Morgan fingerprint density at radius 3 is 1.19 bits per heavy atom. The molecule has 0 bridgehead atoms. The molecule has 0 saturated carbocycles. The maximum Gasteiger partial charge on any atom is 0.318 e. The zero-order chi connectivity index (χ0) is 26.8. The van der Waals surface area contributed by atoms with Gasteiger partial charge in [-0.25, -0.2) is 0 Å². The van der Waals surface area contributed by atoms with E-state index in [0.29, 0.717) is 11.5 Å². The predicted octanol–water partition coefficient (Wildman–Crippen LogP) is 3.15.